The van der Waals surface area contributed by atoms with Crippen LogP contribution in [-0.4, -0.2) is 9.85 Å². The van der Waals surface area contributed by atoms with Crippen molar-refractivity contribution in [2.75, 3.05) is 5.32 Å². The topological polar surface area (TPSA) is 98.3 Å². The molecule has 2 rings (SSSR count). The Morgan fingerprint density at radius 2 is 1.70 bits per heavy atom. The smallest absolute Gasteiger partial charge is 0.299 e. The van der Waals surface area contributed by atoms with Gasteiger partial charge in [0.05, 0.1) is 15.9 Å². The minimum absolute atomic E-state index is 0.0397. The molecule has 0 bridgehead atoms. The van der Waals surface area contributed by atoms with Crippen molar-refractivity contribution < 1.29 is 18.6 Å². The fraction of sp³-hybridized carbons (Fsp3) is 0.143. The molecule has 0 aliphatic heterocycles. The third-order valence-corrected chi connectivity index (χ3v) is 3.20. The number of nitro groups is 2. The second kappa shape index (κ2) is 6.34. The molecule has 0 radical (unpaired) electrons. The summed E-state index contributed by atoms with van der Waals surface area (Å²) in [4.78, 5) is 20.2. The van der Waals surface area contributed by atoms with Gasteiger partial charge in [-0.15, -0.1) is 0 Å². The highest BCUT2D eigenvalue weighted by Crippen LogP contribution is 2.31. The summed E-state index contributed by atoms with van der Waals surface area (Å²) >= 11 is 0. The summed E-state index contributed by atoms with van der Waals surface area (Å²) in [6.45, 7) is 1.60. The first-order valence-corrected chi connectivity index (χ1v) is 6.44. The van der Waals surface area contributed by atoms with E-state index in [9.17, 15) is 29.0 Å². The number of hydrogen-bond acceptors (Lipinski definition) is 5. The fourth-order valence-corrected chi connectivity index (χ4v) is 2.01. The van der Waals surface area contributed by atoms with Gasteiger partial charge in [0.25, 0.3) is 11.4 Å². The van der Waals surface area contributed by atoms with Crippen LogP contribution in [0.2, 0.25) is 0 Å². The Morgan fingerprint density at radius 1 is 1.00 bits per heavy atom. The lowest BCUT2D eigenvalue weighted by Crippen LogP contribution is -2.09. The number of hydrogen-bond donors (Lipinski definition) is 1. The number of halogens is 2. The molecule has 0 aromatic heterocycles. The molecule has 1 N–H and O–H groups in total. The molecule has 9 heteroatoms. The van der Waals surface area contributed by atoms with E-state index in [4.69, 9.17) is 0 Å². The molecule has 0 aliphatic rings. The molecule has 0 spiro atoms. The summed E-state index contributed by atoms with van der Waals surface area (Å²) in [6.07, 6.45) is 0. The zero-order valence-electron chi connectivity index (χ0n) is 11.8. The van der Waals surface area contributed by atoms with Gasteiger partial charge in [0.1, 0.15) is 5.69 Å². The zero-order valence-corrected chi connectivity index (χ0v) is 11.8. The summed E-state index contributed by atoms with van der Waals surface area (Å²) in [5.41, 5.74) is -0.481. The monoisotopic (exact) mass is 323 g/mol. The fourth-order valence-electron chi connectivity index (χ4n) is 2.01. The number of nitrogens with one attached hydrogen (secondary N) is 1. The lowest BCUT2D eigenvalue weighted by molar-refractivity contribution is -0.393. The maximum atomic E-state index is 13.2. The predicted octanol–water partition coefficient (Wildman–Crippen LogP) is 3.95. The van der Waals surface area contributed by atoms with Crippen LogP contribution in [-0.2, 0) is 0 Å². The lowest BCUT2D eigenvalue weighted by Gasteiger charge is -2.16. The SMILES string of the molecule is CC(Nc1ccc([N+](=O)[O-])cc1[N+](=O)[O-])c1ccc(F)c(F)c1. The maximum absolute atomic E-state index is 13.2. The van der Waals surface area contributed by atoms with Crippen molar-refractivity contribution in [2.45, 2.75) is 13.0 Å². The molecule has 7 nitrogen and oxygen atoms in total. The molecule has 1 unspecified atom stereocenters. The van der Waals surface area contributed by atoms with Crippen LogP contribution in [0.4, 0.5) is 25.8 Å². The highest BCUT2D eigenvalue weighted by Gasteiger charge is 2.21. The summed E-state index contributed by atoms with van der Waals surface area (Å²) < 4.78 is 26.2. The van der Waals surface area contributed by atoms with Crippen molar-refractivity contribution in [2.24, 2.45) is 0 Å². The summed E-state index contributed by atoms with van der Waals surface area (Å²) in [7, 11) is 0. The van der Waals surface area contributed by atoms with Crippen LogP contribution in [0, 0.1) is 31.9 Å². The highest BCUT2D eigenvalue weighted by atomic mass is 19.2. The van der Waals surface area contributed by atoms with Crippen LogP contribution in [0.5, 0.6) is 0 Å². The van der Waals surface area contributed by atoms with Crippen LogP contribution in [0.1, 0.15) is 18.5 Å². The molecule has 120 valence electrons. The first-order valence-electron chi connectivity index (χ1n) is 6.44. The molecule has 1 atom stereocenters. The van der Waals surface area contributed by atoms with E-state index in [2.05, 4.69) is 5.32 Å². The van der Waals surface area contributed by atoms with Gasteiger partial charge in [-0.2, -0.15) is 0 Å². The van der Waals surface area contributed by atoms with Gasteiger partial charge in [-0.3, -0.25) is 20.2 Å². The number of anilines is 1. The van der Waals surface area contributed by atoms with Crippen molar-refractivity contribution in [1.29, 1.82) is 0 Å². The number of rotatable bonds is 5. The predicted molar refractivity (Wildman–Crippen MR) is 78.1 cm³/mol. The van der Waals surface area contributed by atoms with Gasteiger partial charge in [-0.05, 0) is 30.7 Å². The summed E-state index contributed by atoms with van der Waals surface area (Å²) in [6, 6.07) is 5.84. The van der Waals surface area contributed by atoms with E-state index in [-0.39, 0.29) is 5.69 Å². The van der Waals surface area contributed by atoms with Crippen molar-refractivity contribution in [3.63, 3.8) is 0 Å². The van der Waals surface area contributed by atoms with E-state index in [1.54, 1.807) is 6.92 Å². The van der Waals surface area contributed by atoms with Crippen molar-refractivity contribution in [1.82, 2.24) is 0 Å². The minimum Gasteiger partial charge on any atom is -0.373 e. The van der Waals surface area contributed by atoms with E-state index in [1.165, 1.54) is 12.1 Å². The van der Waals surface area contributed by atoms with E-state index in [1.807, 2.05) is 0 Å². The number of non-ortho nitro benzene ring substituents is 1. The van der Waals surface area contributed by atoms with E-state index in [0.717, 1.165) is 24.3 Å². The van der Waals surface area contributed by atoms with Gasteiger partial charge >= 0.3 is 0 Å². The quantitative estimate of drug-likeness (QED) is 0.663. The van der Waals surface area contributed by atoms with Gasteiger partial charge < -0.3 is 5.32 Å². The van der Waals surface area contributed by atoms with Gasteiger partial charge in [0.15, 0.2) is 11.6 Å². The second-order valence-corrected chi connectivity index (χ2v) is 4.76. The molecule has 2 aromatic rings. The van der Waals surface area contributed by atoms with Crippen molar-refractivity contribution >= 4 is 17.1 Å². The van der Waals surface area contributed by atoms with Crippen LogP contribution >= 0.6 is 0 Å². The minimum atomic E-state index is -1.03. The normalized spacial score (nSPS) is 11.8. The van der Waals surface area contributed by atoms with E-state index < -0.39 is 38.9 Å². The highest BCUT2D eigenvalue weighted by molar-refractivity contribution is 5.66. The van der Waals surface area contributed by atoms with Gasteiger partial charge in [0.2, 0.25) is 0 Å². The second-order valence-electron chi connectivity index (χ2n) is 4.76. The Labute approximate surface area is 128 Å². The molecule has 0 amide bonds. The number of nitro benzene ring substituents is 2. The maximum Gasteiger partial charge on any atom is 0.299 e. The molecule has 0 saturated carbocycles. The summed E-state index contributed by atoms with van der Waals surface area (Å²) in [5, 5.41) is 24.5. The van der Waals surface area contributed by atoms with Crippen LogP contribution in [0.25, 0.3) is 0 Å². The average molecular weight is 323 g/mol. The Morgan fingerprint density at radius 3 is 2.26 bits per heavy atom. The lowest BCUT2D eigenvalue weighted by atomic mass is 10.1. The molecule has 2 aromatic carbocycles. The molecular formula is C14H11F2N3O4. The zero-order chi connectivity index (χ0) is 17.1. The van der Waals surface area contributed by atoms with E-state index >= 15 is 0 Å². The third-order valence-electron chi connectivity index (χ3n) is 3.20. The van der Waals surface area contributed by atoms with Crippen LogP contribution in [0.3, 0.4) is 0 Å². The third kappa shape index (κ3) is 3.57. The van der Waals surface area contributed by atoms with Gasteiger partial charge in [0, 0.05) is 12.1 Å². The average Bonchev–Trinajstić information content (AvgIpc) is 2.49. The standard InChI is InChI=1S/C14H11F2N3O4/c1-8(9-2-4-11(15)12(16)6-9)17-13-5-3-10(18(20)21)7-14(13)19(22)23/h2-8,17H,1H3. The molecular weight excluding hydrogens is 312 g/mol. The molecule has 0 aliphatic carbocycles. The molecule has 0 fully saturated rings. The Hall–Kier alpha value is -3.10. The number of nitrogens with zero attached hydrogens (tertiary/aromatic N) is 2. The van der Waals surface area contributed by atoms with E-state index in [0.29, 0.717) is 5.56 Å². The van der Waals surface area contributed by atoms with Gasteiger partial charge in [-0.25, -0.2) is 8.78 Å². The Bertz CT molecular complexity index is 783. The molecule has 0 heterocycles. The first kappa shape index (κ1) is 16.3. The summed E-state index contributed by atoms with van der Waals surface area (Å²) in [5.74, 6) is -2.03. The van der Waals surface area contributed by atoms with Crippen LogP contribution < -0.4 is 5.32 Å². The van der Waals surface area contributed by atoms with Gasteiger partial charge in [-0.1, -0.05) is 6.07 Å². The number of benzene rings is 2. The van der Waals surface area contributed by atoms with Crippen molar-refractivity contribution in [3.8, 4) is 0 Å². The first-order chi connectivity index (χ1) is 10.8. The largest absolute Gasteiger partial charge is 0.373 e. The molecule has 0 saturated heterocycles. The molecule has 23 heavy (non-hydrogen) atoms. The Balaban J connectivity index is 2.33. The van der Waals surface area contributed by atoms with Crippen LogP contribution in [0.15, 0.2) is 36.4 Å². The Kier molecular flexibility index (Phi) is 4.49. The van der Waals surface area contributed by atoms with Crippen molar-refractivity contribution in [3.05, 3.63) is 73.8 Å².